The van der Waals surface area contributed by atoms with Crippen molar-refractivity contribution in [3.8, 4) is 0 Å². The maximum absolute atomic E-state index is 12.5. The fourth-order valence-corrected chi connectivity index (χ4v) is 3.27. The van der Waals surface area contributed by atoms with Gasteiger partial charge in [0.25, 0.3) is 0 Å². The van der Waals surface area contributed by atoms with Crippen molar-refractivity contribution in [2.75, 3.05) is 11.5 Å². The van der Waals surface area contributed by atoms with Crippen molar-refractivity contribution in [1.29, 1.82) is 0 Å². The first-order chi connectivity index (χ1) is 7.89. The third-order valence-electron chi connectivity index (χ3n) is 2.87. The number of aliphatic hydroxyl groups is 1. The number of rotatable bonds is 2. The fourth-order valence-electron chi connectivity index (χ4n) is 1.97. The van der Waals surface area contributed by atoms with E-state index in [4.69, 9.17) is 0 Å². The van der Waals surface area contributed by atoms with Crippen molar-refractivity contribution in [3.63, 3.8) is 0 Å². The Balaban J connectivity index is 2.17. The number of thioether (sulfide) groups is 1. The summed E-state index contributed by atoms with van der Waals surface area (Å²) in [5.74, 6) is 1.47. The molecule has 0 radical (unpaired) electrons. The van der Waals surface area contributed by atoms with Gasteiger partial charge in [0.15, 0.2) is 0 Å². The van der Waals surface area contributed by atoms with E-state index in [9.17, 15) is 18.3 Å². The van der Waals surface area contributed by atoms with Crippen LogP contribution in [-0.2, 0) is 12.6 Å². The van der Waals surface area contributed by atoms with Crippen molar-refractivity contribution >= 4 is 11.8 Å². The molecule has 1 aliphatic heterocycles. The number of hydrogen-bond acceptors (Lipinski definition) is 2. The molecule has 5 heteroatoms. The minimum absolute atomic E-state index is 0.296. The molecule has 0 aliphatic carbocycles. The van der Waals surface area contributed by atoms with E-state index >= 15 is 0 Å². The first kappa shape index (κ1) is 12.8. The highest BCUT2D eigenvalue weighted by atomic mass is 32.2. The van der Waals surface area contributed by atoms with Gasteiger partial charge in [-0.15, -0.1) is 0 Å². The number of alkyl halides is 3. The molecule has 0 aromatic heterocycles. The Labute approximate surface area is 102 Å². The smallest absolute Gasteiger partial charge is 0.389 e. The predicted octanol–water partition coefficient (Wildman–Crippen LogP) is 3.12. The van der Waals surface area contributed by atoms with E-state index in [0.717, 1.165) is 17.9 Å². The van der Waals surface area contributed by atoms with Gasteiger partial charge in [-0.3, -0.25) is 0 Å². The molecule has 2 rings (SSSR count). The molecule has 1 aliphatic rings. The Morgan fingerprint density at radius 1 is 1.35 bits per heavy atom. The second-order valence-electron chi connectivity index (χ2n) is 4.40. The molecule has 1 N–H and O–H groups in total. The van der Waals surface area contributed by atoms with E-state index in [0.29, 0.717) is 24.2 Å². The first-order valence-electron chi connectivity index (χ1n) is 5.35. The van der Waals surface area contributed by atoms with Crippen LogP contribution in [0.1, 0.15) is 17.5 Å². The summed E-state index contributed by atoms with van der Waals surface area (Å²) < 4.78 is 37.5. The Morgan fingerprint density at radius 2 is 2.12 bits per heavy atom. The van der Waals surface area contributed by atoms with Gasteiger partial charge in [0.1, 0.15) is 0 Å². The van der Waals surface area contributed by atoms with E-state index in [1.165, 1.54) is 6.07 Å². The highest BCUT2D eigenvalue weighted by molar-refractivity contribution is 7.99. The summed E-state index contributed by atoms with van der Waals surface area (Å²) in [4.78, 5) is 0. The van der Waals surface area contributed by atoms with E-state index in [-0.39, 0.29) is 0 Å². The van der Waals surface area contributed by atoms with Gasteiger partial charge in [-0.2, -0.15) is 24.9 Å². The summed E-state index contributed by atoms with van der Waals surface area (Å²) in [6.07, 6.45) is -3.37. The van der Waals surface area contributed by atoms with Gasteiger partial charge in [0.05, 0.1) is 11.2 Å². The highest BCUT2D eigenvalue weighted by Crippen LogP contribution is 2.33. The van der Waals surface area contributed by atoms with Gasteiger partial charge in [0.2, 0.25) is 0 Å². The van der Waals surface area contributed by atoms with Crippen molar-refractivity contribution in [2.45, 2.75) is 24.6 Å². The summed E-state index contributed by atoms with van der Waals surface area (Å²) in [7, 11) is 0. The molecule has 1 atom stereocenters. The van der Waals surface area contributed by atoms with Crippen LogP contribution in [-0.4, -0.2) is 22.2 Å². The molecule has 1 fully saturated rings. The number of hydrogen-bond donors (Lipinski definition) is 1. The standard InChI is InChI=1S/C12H13F3OS/c13-12(14,15)10-3-1-2-9(6-10)7-11(16)4-5-17-8-11/h1-3,6,16H,4-5,7-8H2. The zero-order valence-corrected chi connectivity index (χ0v) is 9.94. The minimum Gasteiger partial charge on any atom is -0.389 e. The summed E-state index contributed by atoms with van der Waals surface area (Å²) in [6, 6.07) is 5.21. The second kappa shape index (κ2) is 4.53. The lowest BCUT2D eigenvalue weighted by Gasteiger charge is -2.21. The van der Waals surface area contributed by atoms with Crippen LogP contribution in [0.2, 0.25) is 0 Å². The van der Waals surface area contributed by atoms with Crippen molar-refractivity contribution in [3.05, 3.63) is 35.4 Å². The molecule has 0 amide bonds. The molecule has 1 unspecified atom stereocenters. The van der Waals surface area contributed by atoms with Crippen LogP contribution in [0.4, 0.5) is 13.2 Å². The SMILES string of the molecule is OC1(Cc2cccc(C(F)(F)F)c2)CCSC1. The van der Waals surface area contributed by atoms with Crippen molar-refractivity contribution < 1.29 is 18.3 Å². The number of benzene rings is 1. The quantitative estimate of drug-likeness (QED) is 0.883. The average Bonchev–Trinajstić information content (AvgIpc) is 2.64. The largest absolute Gasteiger partial charge is 0.416 e. The van der Waals surface area contributed by atoms with Gasteiger partial charge >= 0.3 is 6.18 Å². The van der Waals surface area contributed by atoms with E-state index in [1.54, 1.807) is 17.8 Å². The third-order valence-corrected chi connectivity index (χ3v) is 4.10. The zero-order chi connectivity index (χ0) is 12.5. The molecule has 94 valence electrons. The molecule has 0 bridgehead atoms. The Hall–Kier alpha value is -0.680. The maximum atomic E-state index is 12.5. The monoisotopic (exact) mass is 262 g/mol. The Morgan fingerprint density at radius 3 is 2.71 bits per heavy atom. The van der Waals surface area contributed by atoms with Crippen molar-refractivity contribution in [2.24, 2.45) is 0 Å². The predicted molar refractivity (Wildman–Crippen MR) is 62.0 cm³/mol. The molecule has 1 aromatic carbocycles. The van der Waals surface area contributed by atoms with Crippen molar-refractivity contribution in [1.82, 2.24) is 0 Å². The van der Waals surface area contributed by atoms with Gasteiger partial charge in [-0.1, -0.05) is 18.2 Å². The van der Waals surface area contributed by atoms with Gasteiger partial charge in [0, 0.05) is 12.2 Å². The lowest BCUT2D eigenvalue weighted by atomic mass is 9.93. The summed E-state index contributed by atoms with van der Waals surface area (Å²) in [5, 5.41) is 10.1. The summed E-state index contributed by atoms with van der Waals surface area (Å²) in [5.41, 5.74) is -0.941. The lowest BCUT2D eigenvalue weighted by molar-refractivity contribution is -0.137. The molecule has 1 aromatic rings. The molecule has 1 saturated heterocycles. The van der Waals surface area contributed by atoms with Crippen LogP contribution >= 0.6 is 11.8 Å². The Bertz CT molecular complexity index is 397. The fraction of sp³-hybridized carbons (Fsp3) is 0.500. The van der Waals surface area contributed by atoms with Crippen LogP contribution in [0, 0.1) is 0 Å². The first-order valence-corrected chi connectivity index (χ1v) is 6.51. The van der Waals surface area contributed by atoms with E-state index < -0.39 is 17.3 Å². The molecule has 1 nitrogen and oxygen atoms in total. The third kappa shape index (κ3) is 3.16. The topological polar surface area (TPSA) is 20.2 Å². The van der Waals surface area contributed by atoms with Gasteiger partial charge in [-0.25, -0.2) is 0 Å². The highest BCUT2D eigenvalue weighted by Gasteiger charge is 2.34. The molecule has 0 spiro atoms. The molecule has 0 saturated carbocycles. The summed E-state index contributed by atoms with van der Waals surface area (Å²) >= 11 is 1.64. The van der Waals surface area contributed by atoms with Crippen LogP contribution in [0.25, 0.3) is 0 Å². The van der Waals surface area contributed by atoms with Gasteiger partial charge < -0.3 is 5.11 Å². The number of halogens is 3. The van der Waals surface area contributed by atoms with Crippen LogP contribution < -0.4 is 0 Å². The van der Waals surface area contributed by atoms with Gasteiger partial charge in [-0.05, 0) is 23.8 Å². The Kier molecular flexibility index (Phi) is 3.41. The van der Waals surface area contributed by atoms with Crippen LogP contribution in [0.5, 0.6) is 0 Å². The zero-order valence-electron chi connectivity index (χ0n) is 9.13. The normalized spacial score (nSPS) is 25.2. The lowest BCUT2D eigenvalue weighted by Crippen LogP contribution is -2.30. The maximum Gasteiger partial charge on any atom is 0.416 e. The summed E-state index contributed by atoms with van der Waals surface area (Å²) in [6.45, 7) is 0. The molecule has 17 heavy (non-hydrogen) atoms. The van der Waals surface area contributed by atoms with Crippen LogP contribution in [0.15, 0.2) is 24.3 Å². The minimum atomic E-state index is -4.32. The average molecular weight is 262 g/mol. The van der Waals surface area contributed by atoms with Crippen LogP contribution in [0.3, 0.4) is 0 Å². The molecular weight excluding hydrogens is 249 g/mol. The molecule has 1 heterocycles. The van der Waals surface area contributed by atoms with E-state index in [1.807, 2.05) is 0 Å². The second-order valence-corrected chi connectivity index (χ2v) is 5.51. The molecular formula is C12H13F3OS. The van der Waals surface area contributed by atoms with E-state index in [2.05, 4.69) is 0 Å².